The largest absolute Gasteiger partial charge is 0.374 e. The Morgan fingerprint density at radius 3 is 1.23 bits per heavy atom. The summed E-state index contributed by atoms with van der Waals surface area (Å²) >= 11 is 0. The Labute approximate surface area is 521 Å². The highest BCUT2D eigenvalue weighted by molar-refractivity contribution is 6.33. The number of anilines is 4. The van der Waals surface area contributed by atoms with Crippen LogP contribution < -0.4 is 37.3 Å². The van der Waals surface area contributed by atoms with Gasteiger partial charge in [-0.25, -0.2) is 4.99 Å². The van der Waals surface area contributed by atoms with Crippen LogP contribution in [0.15, 0.2) is 138 Å². The van der Waals surface area contributed by atoms with Crippen LogP contribution in [0.1, 0.15) is 194 Å². The fourth-order valence-corrected chi connectivity index (χ4v) is 11.0. The summed E-state index contributed by atoms with van der Waals surface area (Å²) in [5.41, 5.74) is 15.7. The first-order valence-electron chi connectivity index (χ1n) is 31.3. The number of aromatic amines is 2. The number of H-pyrrole nitrogens is 2. The average molecular weight is 1180 g/mol. The van der Waals surface area contributed by atoms with Crippen molar-refractivity contribution in [3.05, 3.63) is 199 Å². The number of hydrogen-bond donors (Lipinski definition) is 7. The number of carbonyl (C=O) groups excluding carboxylic acids is 4. The third-order valence-electron chi connectivity index (χ3n) is 16.7. The van der Waals surface area contributed by atoms with Gasteiger partial charge in [-0.3, -0.25) is 19.2 Å². The van der Waals surface area contributed by atoms with Crippen molar-refractivity contribution in [2.24, 2.45) is 28.7 Å². The predicted octanol–water partition coefficient (Wildman–Crippen LogP) is 15.1. The molecule has 1 unspecified atom stereocenters. The number of aromatic nitrogens is 2. The second-order valence-electron chi connectivity index (χ2n) is 29.4. The summed E-state index contributed by atoms with van der Waals surface area (Å²) < 4.78 is 0. The maximum Gasteiger partial charge on any atom is 0.226 e. The Balaban J connectivity index is 1.51. The molecule has 5 heterocycles. The van der Waals surface area contributed by atoms with Crippen LogP contribution in [-0.4, -0.2) is 45.4 Å². The summed E-state index contributed by atoms with van der Waals surface area (Å²) in [5.74, 6) is -2.08. The quantitative estimate of drug-likeness (QED) is 0.0645. The molecule has 0 radical (unpaired) electrons. The van der Waals surface area contributed by atoms with Crippen molar-refractivity contribution >= 4 is 74.4 Å². The number of nitrogens with one attached hydrogen (secondary N) is 7. The van der Waals surface area contributed by atoms with Gasteiger partial charge in [-0.1, -0.05) is 193 Å². The first-order chi connectivity index (χ1) is 41.1. The van der Waals surface area contributed by atoms with Gasteiger partial charge in [0.05, 0.1) is 40.2 Å². The maximum atomic E-state index is 14.0. The molecule has 12 heteroatoms. The highest BCUT2D eigenvalue weighted by Crippen LogP contribution is 2.44. The first kappa shape index (κ1) is 64.0. The van der Waals surface area contributed by atoms with E-state index in [1.807, 2.05) is 97.9 Å². The van der Waals surface area contributed by atoms with Crippen LogP contribution in [0.2, 0.25) is 0 Å². The van der Waals surface area contributed by atoms with Crippen molar-refractivity contribution in [1.29, 1.82) is 0 Å². The van der Waals surface area contributed by atoms with E-state index in [1.54, 1.807) is 0 Å². The molecule has 6 aromatic rings. The highest BCUT2D eigenvalue weighted by Gasteiger charge is 2.33. The number of hydrogen-bond acceptors (Lipinski definition) is 6. The van der Waals surface area contributed by atoms with Crippen LogP contribution in [-0.2, 0) is 40.8 Å². The van der Waals surface area contributed by atoms with Crippen LogP contribution in [0.25, 0.3) is 22.3 Å². The lowest BCUT2D eigenvalue weighted by atomic mass is 9.78. The van der Waals surface area contributed by atoms with Gasteiger partial charge in [0.25, 0.3) is 0 Å². The van der Waals surface area contributed by atoms with Crippen LogP contribution in [0.3, 0.4) is 0 Å². The molecule has 9 rings (SSSR count). The van der Waals surface area contributed by atoms with Gasteiger partial charge >= 0.3 is 0 Å². The molecule has 8 bridgehead atoms. The fourth-order valence-electron chi connectivity index (χ4n) is 11.0. The molecule has 3 aliphatic rings. The van der Waals surface area contributed by atoms with Crippen LogP contribution in [0.4, 0.5) is 22.7 Å². The third kappa shape index (κ3) is 13.5. The fraction of sp³-hybridized carbons (Fsp3) is 0.382. The Kier molecular flexibility index (Phi) is 17.6. The van der Waals surface area contributed by atoms with E-state index in [0.717, 1.165) is 61.4 Å². The molecule has 4 amide bonds. The van der Waals surface area contributed by atoms with Crippen molar-refractivity contribution in [1.82, 2.24) is 15.3 Å². The molecule has 7 N–H and O–H groups in total. The topological polar surface area (TPSA) is 172 Å². The molecular weight excluding hydrogens is 1090 g/mol. The van der Waals surface area contributed by atoms with Crippen LogP contribution in [0, 0.1) is 23.7 Å². The SMILES string of the molecule is CC(C)C(=O)Nc1cccc(NC(=O)C(C)C)c1C1=C2C=CC(N2)C(c2cc(C(C)(C)C)cc(C(C)(C)C)c2)=c2ccc([nH]2)=C(c2c(NC(=O)C(C)C)cccc2NC(=O)C(C)C)C2=NC(=C(c3cc(C(C)(C)C)cc(C(C)(C)C)c3)c3ccc1[nH]3)C=C2. The smallest absolute Gasteiger partial charge is 0.226 e. The monoisotopic (exact) mass is 1180 g/mol. The van der Waals surface area contributed by atoms with E-state index in [2.05, 4.69) is 199 Å². The summed E-state index contributed by atoms with van der Waals surface area (Å²) in [6.45, 7) is 41.8. The van der Waals surface area contributed by atoms with E-state index in [0.29, 0.717) is 56.2 Å². The second-order valence-corrected chi connectivity index (χ2v) is 29.4. The molecule has 0 fully saturated rings. The summed E-state index contributed by atoms with van der Waals surface area (Å²) in [6.07, 6.45) is 8.39. The number of rotatable bonds is 12. The average Bonchev–Trinajstić information content (AvgIpc) is 1.59. The second kappa shape index (κ2) is 24.2. The van der Waals surface area contributed by atoms with Gasteiger partial charge in [0.15, 0.2) is 0 Å². The van der Waals surface area contributed by atoms with E-state index >= 15 is 0 Å². The van der Waals surface area contributed by atoms with Gasteiger partial charge in [0, 0.05) is 84.9 Å². The number of fused-ring (bicyclic) bond motifs is 7. The summed E-state index contributed by atoms with van der Waals surface area (Å²) in [7, 11) is 0. The molecule has 12 nitrogen and oxygen atoms in total. The normalized spacial score (nSPS) is 15.5. The molecule has 0 saturated carbocycles. The predicted molar refractivity (Wildman–Crippen MR) is 365 cm³/mol. The van der Waals surface area contributed by atoms with Gasteiger partial charge in [0.1, 0.15) is 0 Å². The number of allylic oxidation sites excluding steroid dienone is 3. The minimum absolute atomic E-state index is 0.170. The van der Waals surface area contributed by atoms with Crippen LogP contribution in [0.5, 0.6) is 0 Å². The number of nitrogens with zero attached hydrogens (tertiary/aromatic N) is 1. The van der Waals surface area contributed by atoms with Crippen molar-refractivity contribution in [3.8, 4) is 0 Å². The lowest BCUT2D eigenvalue weighted by Crippen LogP contribution is -2.31. The third-order valence-corrected chi connectivity index (χ3v) is 16.7. The number of carbonyl (C=O) groups is 4. The van der Waals surface area contributed by atoms with Gasteiger partial charge in [-0.2, -0.15) is 0 Å². The number of benzene rings is 4. The highest BCUT2D eigenvalue weighted by atomic mass is 16.2. The Hall–Kier alpha value is -8.51. The molecule has 4 aromatic carbocycles. The van der Waals surface area contributed by atoms with E-state index in [9.17, 15) is 19.2 Å². The van der Waals surface area contributed by atoms with Crippen molar-refractivity contribution < 1.29 is 19.2 Å². The minimum atomic E-state index is -0.461. The van der Waals surface area contributed by atoms with Crippen LogP contribution >= 0.6 is 0 Å². The summed E-state index contributed by atoms with van der Waals surface area (Å²) in [5, 5.41) is 18.6. The molecule has 1 atom stereocenters. The lowest BCUT2D eigenvalue weighted by Gasteiger charge is -2.28. The van der Waals surface area contributed by atoms with Crippen molar-refractivity contribution in [2.45, 2.75) is 166 Å². The van der Waals surface area contributed by atoms with Crippen molar-refractivity contribution in [2.75, 3.05) is 21.3 Å². The van der Waals surface area contributed by atoms with Gasteiger partial charge in [0.2, 0.25) is 23.6 Å². The Bertz CT molecular complexity index is 3930. The Morgan fingerprint density at radius 2 is 0.818 bits per heavy atom. The Morgan fingerprint density at radius 1 is 0.432 bits per heavy atom. The summed E-state index contributed by atoms with van der Waals surface area (Å²) in [4.78, 5) is 69.7. The number of amides is 4. The molecular formula is C76H92N8O4. The zero-order valence-corrected chi connectivity index (χ0v) is 55.5. The first-order valence-corrected chi connectivity index (χ1v) is 31.3. The van der Waals surface area contributed by atoms with Gasteiger partial charge < -0.3 is 36.6 Å². The molecule has 88 heavy (non-hydrogen) atoms. The van der Waals surface area contributed by atoms with E-state index < -0.39 is 6.04 Å². The molecule has 0 saturated heterocycles. The van der Waals surface area contributed by atoms with E-state index in [1.165, 1.54) is 11.1 Å². The standard InChI is InChI=1S/C76H92N8O4/c1-41(2)69(85)81-51-23-21-24-52(82-70(86)42(3)4)65(51)67-59-31-27-55(77-59)63(45-35-47(73(9,10)11)39-48(36-45)74(12,13)14)57-29-33-61(79-57)68(66-53(83-71(87)43(5)6)25-22-26-54(66)84-72(88)44(7)8)62-34-30-58(80-62)64(56-28-32-60(67)78-56)46-37-49(75(15,16)17)40-50(38-46)76(18,19)20/h21-44,55,77-79H,1-20H3,(H,81,85)(H,82,86)(H,83,87)(H,84,88). The van der Waals surface area contributed by atoms with Gasteiger partial charge in [-0.05, 0) is 122 Å². The van der Waals surface area contributed by atoms with E-state index in [4.69, 9.17) is 4.99 Å². The molecule has 0 aliphatic carbocycles. The zero-order valence-electron chi connectivity index (χ0n) is 55.5. The maximum absolute atomic E-state index is 14.0. The lowest BCUT2D eigenvalue weighted by molar-refractivity contribution is -0.119. The van der Waals surface area contributed by atoms with E-state index in [-0.39, 0.29) is 69.0 Å². The van der Waals surface area contributed by atoms with Crippen molar-refractivity contribution in [3.63, 3.8) is 0 Å². The number of aliphatic imine (C=N–C) groups is 1. The summed E-state index contributed by atoms with van der Waals surface area (Å²) in [6, 6.07) is 33.0. The molecule has 0 spiro atoms. The molecule has 2 aromatic heterocycles. The van der Waals surface area contributed by atoms with Gasteiger partial charge in [-0.15, -0.1) is 0 Å². The minimum Gasteiger partial charge on any atom is -0.374 e. The zero-order chi connectivity index (χ0) is 64.3. The molecule has 460 valence electrons. The molecule has 3 aliphatic heterocycles.